The number of fused-ring (bicyclic) bond motifs is 1. The molecule has 2 aromatic rings. The normalized spacial score (nSPS) is 10.9. The average molecular weight is 329 g/mol. The molecule has 0 unspecified atom stereocenters. The topological polar surface area (TPSA) is 9.23 Å². The number of benzene rings is 2. The van der Waals surface area contributed by atoms with Gasteiger partial charge in [-0.25, -0.2) is 0 Å². The fraction of sp³-hybridized carbons (Fsp3) is 0.333. The second-order valence-corrected chi connectivity index (χ2v) is 5.41. The van der Waals surface area contributed by atoms with Crippen LogP contribution in [0.2, 0.25) is 0 Å². The average Bonchev–Trinajstić information content (AvgIpc) is 2.60. The Morgan fingerprint density at radius 1 is 1.13 bits per heavy atom. The van der Waals surface area contributed by atoms with Crippen molar-refractivity contribution in [3.8, 4) is 5.75 Å². The Morgan fingerprint density at radius 3 is 2.52 bits per heavy atom. The predicted octanol–water partition coefficient (Wildman–Crippen LogP) is 6.38. The van der Waals surface area contributed by atoms with Gasteiger partial charge in [0.25, 0.3) is 0 Å². The van der Waals surface area contributed by atoms with Gasteiger partial charge in [0.1, 0.15) is 5.75 Å². The van der Waals surface area contributed by atoms with Crippen molar-refractivity contribution in [3.63, 3.8) is 0 Å². The Balaban J connectivity index is 0.00000127. The number of rotatable bonds is 7. The van der Waals surface area contributed by atoms with Gasteiger partial charge in [0.15, 0.2) is 0 Å². The van der Waals surface area contributed by atoms with Crippen molar-refractivity contribution in [3.05, 3.63) is 66.3 Å². The van der Waals surface area contributed by atoms with Gasteiger partial charge in [0.2, 0.25) is 0 Å². The molecule has 2 rings (SSSR count). The third-order valence-corrected chi connectivity index (χ3v) is 3.96. The van der Waals surface area contributed by atoms with E-state index >= 15 is 0 Å². The summed E-state index contributed by atoms with van der Waals surface area (Å²) in [7, 11) is 0. The van der Waals surface area contributed by atoms with Crippen LogP contribution in [0.4, 0.5) is 0 Å². The standard InChI is InChI=1S/C19H22OS.C2H6/c1-3-7-16(14-21)9-6-13-20-19-12-5-10-17-15(2)8-4-11-18(17)19;1-2/h3-5,7-8,10-12,21H,1,6,9,13-14H2,2H3;1-2H3/b16-7-;. The molecule has 0 aromatic heterocycles. The van der Waals surface area contributed by atoms with E-state index in [1.807, 2.05) is 32.1 Å². The van der Waals surface area contributed by atoms with E-state index in [-0.39, 0.29) is 0 Å². The molecule has 23 heavy (non-hydrogen) atoms. The first-order chi connectivity index (χ1) is 11.3. The summed E-state index contributed by atoms with van der Waals surface area (Å²) < 4.78 is 5.97. The van der Waals surface area contributed by atoms with E-state index < -0.39 is 0 Å². The van der Waals surface area contributed by atoms with Crippen molar-refractivity contribution >= 4 is 23.4 Å². The molecule has 0 saturated carbocycles. The summed E-state index contributed by atoms with van der Waals surface area (Å²) >= 11 is 4.32. The summed E-state index contributed by atoms with van der Waals surface area (Å²) in [6, 6.07) is 12.6. The van der Waals surface area contributed by atoms with Crippen molar-refractivity contribution in [2.75, 3.05) is 12.4 Å². The minimum absolute atomic E-state index is 0.718. The first-order valence-corrected chi connectivity index (χ1v) is 8.92. The van der Waals surface area contributed by atoms with Gasteiger partial charge in [-0.1, -0.05) is 68.5 Å². The van der Waals surface area contributed by atoms with Gasteiger partial charge in [-0.05, 0) is 36.8 Å². The second-order valence-electron chi connectivity index (χ2n) is 5.10. The van der Waals surface area contributed by atoms with Crippen molar-refractivity contribution in [2.24, 2.45) is 0 Å². The van der Waals surface area contributed by atoms with Crippen LogP contribution >= 0.6 is 12.6 Å². The number of hydrogen-bond acceptors (Lipinski definition) is 2. The van der Waals surface area contributed by atoms with E-state index in [1.165, 1.54) is 21.9 Å². The Labute approximate surface area is 146 Å². The maximum absolute atomic E-state index is 5.97. The fourth-order valence-electron chi connectivity index (χ4n) is 2.43. The van der Waals surface area contributed by atoms with Gasteiger partial charge in [0.05, 0.1) is 6.61 Å². The van der Waals surface area contributed by atoms with E-state index in [1.54, 1.807) is 0 Å². The fourth-order valence-corrected chi connectivity index (χ4v) is 2.69. The second kappa shape index (κ2) is 11.0. The van der Waals surface area contributed by atoms with Crippen LogP contribution in [0.15, 0.2) is 60.7 Å². The van der Waals surface area contributed by atoms with Crippen molar-refractivity contribution < 1.29 is 4.74 Å². The maximum Gasteiger partial charge on any atom is 0.127 e. The van der Waals surface area contributed by atoms with Gasteiger partial charge < -0.3 is 4.74 Å². The van der Waals surface area contributed by atoms with E-state index in [0.29, 0.717) is 0 Å². The molecule has 0 radical (unpaired) electrons. The summed E-state index contributed by atoms with van der Waals surface area (Å²) in [5.74, 6) is 1.75. The molecular weight excluding hydrogens is 300 g/mol. The number of hydrogen-bond donors (Lipinski definition) is 1. The number of aryl methyl sites for hydroxylation is 1. The molecular formula is C21H28OS. The third kappa shape index (κ3) is 5.80. The van der Waals surface area contributed by atoms with Crippen molar-refractivity contribution in [1.82, 2.24) is 0 Å². The molecule has 1 nitrogen and oxygen atoms in total. The molecule has 2 heteroatoms. The zero-order chi connectivity index (χ0) is 17.1. The van der Waals surface area contributed by atoms with Gasteiger partial charge >= 0.3 is 0 Å². The van der Waals surface area contributed by atoms with Crippen LogP contribution in [0, 0.1) is 6.92 Å². The molecule has 2 aromatic carbocycles. The molecule has 0 bridgehead atoms. The molecule has 0 fully saturated rings. The Kier molecular flexibility index (Phi) is 9.23. The third-order valence-electron chi connectivity index (χ3n) is 3.56. The molecule has 0 spiro atoms. The largest absolute Gasteiger partial charge is 0.493 e. The summed E-state index contributed by atoms with van der Waals surface area (Å²) in [5, 5.41) is 2.45. The zero-order valence-corrected chi connectivity index (χ0v) is 15.4. The van der Waals surface area contributed by atoms with Crippen LogP contribution in [0.25, 0.3) is 10.8 Å². The van der Waals surface area contributed by atoms with Gasteiger partial charge in [-0.15, -0.1) is 0 Å². The minimum atomic E-state index is 0.718. The van der Waals surface area contributed by atoms with Crippen LogP contribution in [0.1, 0.15) is 32.3 Å². The lowest BCUT2D eigenvalue weighted by molar-refractivity contribution is 0.314. The highest BCUT2D eigenvalue weighted by atomic mass is 32.1. The lowest BCUT2D eigenvalue weighted by Gasteiger charge is -2.11. The lowest BCUT2D eigenvalue weighted by Crippen LogP contribution is -1.99. The quantitative estimate of drug-likeness (QED) is 0.353. The lowest BCUT2D eigenvalue weighted by atomic mass is 10.1. The highest BCUT2D eigenvalue weighted by molar-refractivity contribution is 7.80. The van der Waals surface area contributed by atoms with Crippen molar-refractivity contribution in [1.29, 1.82) is 0 Å². The smallest absolute Gasteiger partial charge is 0.127 e. The zero-order valence-electron chi connectivity index (χ0n) is 14.5. The minimum Gasteiger partial charge on any atom is -0.493 e. The molecule has 0 amide bonds. The summed E-state index contributed by atoms with van der Waals surface area (Å²) in [6.07, 6.45) is 5.84. The van der Waals surface area contributed by atoms with E-state index in [4.69, 9.17) is 4.74 Å². The van der Waals surface area contributed by atoms with Crippen LogP contribution in [0.3, 0.4) is 0 Å². The molecule has 0 aliphatic heterocycles. The van der Waals surface area contributed by atoms with Gasteiger partial charge in [-0.3, -0.25) is 0 Å². The van der Waals surface area contributed by atoms with Crippen LogP contribution < -0.4 is 4.74 Å². The highest BCUT2D eigenvalue weighted by Crippen LogP contribution is 2.27. The van der Waals surface area contributed by atoms with E-state index in [2.05, 4.69) is 56.5 Å². The molecule has 0 N–H and O–H groups in total. The first kappa shape index (κ1) is 19.4. The molecule has 0 heterocycles. The van der Waals surface area contributed by atoms with Crippen molar-refractivity contribution in [2.45, 2.75) is 33.6 Å². The SMILES string of the molecule is C=C/C=C(\CS)CCCOc1cccc2c(C)cccc12.CC. The molecule has 0 atom stereocenters. The Hall–Kier alpha value is -1.67. The van der Waals surface area contributed by atoms with Gasteiger partial charge in [-0.2, -0.15) is 12.6 Å². The Bertz CT molecular complexity index is 643. The van der Waals surface area contributed by atoms with E-state index in [0.717, 1.165) is 31.0 Å². The molecule has 0 saturated heterocycles. The summed E-state index contributed by atoms with van der Waals surface area (Å²) in [4.78, 5) is 0. The van der Waals surface area contributed by atoms with Gasteiger partial charge in [0, 0.05) is 11.1 Å². The maximum atomic E-state index is 5.97. The number of allylic oxidation sites excluding steroid dienone is 2. The molecule has 0 aliphatic carbocycles. The van der Waals surface area contributed by atoms with Crippen LogP contribution in [-0.4, -0.2) is 12.4 Å². The molecule has 0 aliphatic rings. The molecule has 124 valence electrons. The number of ether oxygens (including phenoxy) is 1. The van der Waals surface area contributed by atoms with Crippen LogP contribution in [0.5, 0.6) is 5.75 Å². The summed E-state index contributed by atoms with van der Waals surface area (Å²) in [6.45, 7) is 10.6. The summed E-state index contributed by atoms with van der Waals surface area (Å²) in [5.41, 5.74) is 2.58. The predicted molar refractivity (Wildman–Crippen MR) is 107 cm³/mol. The highest BCUT2D eigenvalue weighted by Gasteiger charge is 2.03. The van der Waals surface area contributed by atoms with E-state index in [9.17, 15) is 0 Å². The first-order valence-electron chi connectivity index (χ1n) is 8.28. The Morgan fingerprint density at radius 2 is 1.83 bits per heavy atom. The monoisotopic (exact) mass is 328 g/mol. The number of thiol groups is 1. The van der Waals surface area contributed by atoms with Crippen LogP contribution in [-0.2, 0) is 0 Å².